The molecule has 0 aliphatic carbocycles. The van der Waals surface area contributed by atoms with Crippen LogP contribution in [0.25, 0.3) is 0 Å². The third kappa shape index (κ3) is 5.63. The highest BCUT2D eigenvalue weighted by Gasteiger charge is 2.26. The SMILES string of the molecule is C=CCC(CCC)(CCCC)CCc1ccccc1. The lowest BCUT2D eigenvalue weighted by Gasteiger charge is -2.33. The number of rotatable bonds is 10. The average molecular weight is 258 g/mol. The second-order valence-electron chi connectivity index (χ2n) is 5.83. The topological polar surface area (TPSA) is 0 Å². The summed E-state index contributed by atoms with van der Waals surface area (Å²) in [5.74, 6) is 0. The zero-order valence-electron chi connectivity index (χ0n) is 12.8. The molecule has 1 aromatic rings. The number of hydrogen-bond acceptors (Lipinski definition) is 0. The van der Waals surface area contributed by atoms with Gasteiger partial charge in [0.05, 0.1) is 0 Å². The molecule has 0 spiro atoms. The van der Waals surface area contributed by atoms with Gasteiger partial charge in [0.2, 0.25) is 0 Å². The lowest BCUT2D eigenvalue weighted by atomic mass is 9.72. The van der Waals surface area contributed by atoms with E-state index in [1.807, 2.05) is 0 Å². The van der Waals surface area contributed by atoms with Crippen LogP contribution in [0.15, 0.2) is 43.0 Å². The van der Waals surface area contributed by atoms with Crippen LogP contribution in [0, 0.1) is 5.41 Å². The van der Waals surface area contributed by atoms with Crippen molar-refractivity contribution >= 4 is 0 Å². The molecule has 0 aromatic heterocycles. The predicted molar refractivity (Wildman–Crippen MR) is 86.4 cm³/mol. The first-order valence-corrected chi connectivity index (χ1v) is 7.91. The summed E-state index contributed by atoms with van der Waals surface area (Å²) in [5.41, 5.74) is 1.96. The molecule has 1 aromatic carbocycles. The summed E-state index contributed by atoms with van der Waals surface area (Å²) < 4.78 is 0. The standard InChI is InChI=1S/C19H30/c1-4-7-16-19(14-5-2,15-6-3)17-13-18-11-9-8-10-12-18/h5,8-12H,2,4,6-7,13-17H2,1,3H3. The molecule has 0 N–H and O–H groups in total. The van der Waals surface area contributed by atoms with Gasteiger partial charge in [0, 0.05) is 0 Å². The summed E-state index contributed by atoms with van der Waals surface area (Å²) in [5, 5.41) is 0. The zero-order valence-corrected chi connectivity index (χ0v) is 12.8. The molecule has 1 rings (SSSR count). The molecule has 106 valence electrons. The third-order valence-electron chi connectivity index (χ3n) is 4.21. The minimum atomic E-state index is 0.488. The first kappa shape index (κ1) is 16.0. The number of benzene rings is 1. The Hall–Kier alpha value is -1.04. The van der Waals surface area contributed by atoms with Gasteiger partial charge in [-0.3, -0.25) is 0 Å². The molecule has 0 bridgehead atoms. The minimum absolute atomic E-state index is 0.488. The lowest BCUT2D eigenvalue weighted by Crippen LogP contribution is -2.21. The Morgan fingerprint density at radius 3 is 2.32 bits per heavy atom. The van der Waals surface area contributed by atoms with Crippen LogP contribution in [0.4, 0.5) is 0 Å². The highest BCUT2D eigenvalue weighted by molar-refractivity contribution is 5.15. The van der Waals surface area contributed by atoms with Crippen molar-refractivity contribution in [1.82, 2.24) is 0 Å². The molecule has 0 heterocycles. The van der Waals surface area contributed by atoms with Crippen LogP contribution in [-0.4, -0.2) is 0 Å². The van der Waals surface area contributed by atoms with Crippen molar-refractivity contribution in [2.45, 2.75) is 65.2 Å². The van der Waals surface area contributed by atoms with Crippen molar-refractivity contribution in [2.24, 2.45) is 5.41 Å². The van der Waals surface area contributed by atoms with Gasteiger partial charge in [0.1, 0.15) is 0 Å². The quantitative estimate of drug-likeness (QED) is 0.440. The summed E-state index contributed by atoms with van der Waals surface area (Å²) in [6.45, 7) is 8.60. The predicted octanol–water partition coefficient (Wildman–Crippen LogP) is 6.17. The van der Waals surface area contributed by atoms with Crippen LogP contribution in [-0.2, 0) is 6.42 Å². The van der Waals surface area contributed by atoms with E-state index in [2.05, 4.69) is 56.8 Å². The van der Waals surface area contributed by atoms with Gasteiger partial charge in [0.15, 0.2) is 0 Å². The van der Waals surface area contributed by atoms with E-state index in [9.17, 15) is 0 Å². The molecule has 19 heavy (non-hydrogen) atoms. The van der Waals surface area contributed by atoms with Crippen molar-refractivity contribution < 1.29 is 0 Å². The van der Waals surface area contributed by atoms with Gasteiger partial charge >= 0.3 is 0 Å². The third-order valence-corrected chi connectivity index (χ3v) is 4.21. The number of allylic oxidation sites excluding steroid dienone is 1. The van der Waals surface area contributed by atoms with Gasteiger partial charge in [-0.2, -0.15) is 0 Å². The molecule has 1 atom stereocenters. The number of aryl methyl sites for hydroxylation is 1. The van der Waals surface area contributed by atoms with Crippen LogP contribution in [0.5, 0.6) is 0 Å². The number of unbranched alkanes of at least 4 members (excludes halogenated alkanes) is 1. The van der Waals surface area contributed by atoms with Crippen LogP contribution in [0.1, 0.15) is 64.4 Å². The van der Waals surface area contributed by atoms with E-state index in [1.54, 1.807) is 0 Å². The van der Waals surface area contributed by atoms with Crippen molar-refractivity contribution in [2.75, 3.05) is 0 Å². The van der Waals surface area contributed by atoms with Gasteiger partial charge in [-0.25, -0.2) is 0 Å². The molecule has 0 heteroatoms. The van der Waals surface area contributed by atoms with E-state index in [0.717, 1.165) is 0 Å². The summed E-state index contributed by atoms with van der Waals surface area (Å²) in [4.78, 5) is 0. The fourth-order valence-electron chi connectivity index (χ4n) is 3.12. The van der Waals surface area contributed by atoms with Gasteiger partial charge in [0.25, 0.3) is 0 Å². The van der Waals surface area contributed by atoms with Crippen LogP contribution >= 0.6 is 0 Å². The van der Waals surface area contributed by atoms with E-state index >= 15 is 0 Å². The molecular formula is C19H30. The van der Waals surface area contributed by atoms with E-state index in [0.29, 0.717) is 5.41 Å². The molecule has 0 nitrogen and oxygen atoms in total. The fraction of sp³-hybridized carbons (Fsp3) is 0.579. The Kier molecular flexibility index (Phi) is 7.55. The van der Waals surface area contributed by atoms with E-state index in [1.165, 1.54) is 56.9 Å². The van der Waals surface area contributed by atoms with E-state index in [-0.39, 0.29) is 0 Å². The first-order valence-electron chi connectivity index (χ1n) is 7.91. The molecule has 0 radical (unpaired) electrons. The molecule has 0 fully saturated rings. The average Bonchev–Trinajstić information content (AvgIpc) is 2.45. The monoisotopic (exact) mass is 258 g/mol. The molecule has 1 unspecified atom stereocenters. The van der Waals surface area contributed by atoms with Crippen molar-refractivity contribution in [1.29, 1.82) is 0 Å². The molecule has 0 saturated carbocycles. The van der Waals surface area contributed by atoms with Crippen LogP contribution in [0.2, 0.25) is 0 Å². The molecular weight excluding hydrogens is 228 g/mol. The Balaban J connectivity index is 2.67. The summed E-state index contributed by atoms with van der Waals surface area (Å²) >= 11 is 0. The highest BCUT2D eigenvalue weighted by Crippen LogP contribution is 2.39. The van der Waals surface area contributed by atoms with Gasteiger partial charge in [-0.15, -0.1) is 6.58 Å². The first-order chi connectivity index (χ1) is 9.26. The summed E-state index contributed by atoms with van der Waals surface area (Å²) in [6.07, 6.45) is 12.4. The maximum absolute atomic E-state index is 3.99. The second-order valence-corrected chi connectivity index (χ2v) is 5.83. The van der Waals surface area contributed by atoms with Crippen molar-refractivity contribution in [3.05, 3.63) is 48.6 Å². The Labute approximate surface area is 119 Å². The van der Waals surface area contributed by atoms with Gasteiger partial charge < -0.3 is 0 Å². The maximum atomic E-state index is 3.99. The van der Waals surface area contributed by atoms with E-state index < -0.39 is 0 Å². The van der Waals surface area contributed by atoms with Crippen LogP contribution in [0.3, 0.4) is 0 Å². The lowest BCUT2D eigenvalue weighted by molar-refractivity contribution is 0.212. The van der Waals surface area contributed by atoms with Crippen LogP contribution < -0.4 is 0 Å². The second kappa shape index (κ2) is 8.96. The van der Waals surface area contributed by atoms with Crippen molar-refractivity contribution in [3.63, 3.8) is 0 Å². The smallest absolute Gasteiger partial charge is 0.0260 e. The van der Waals surface area contributed by atoms with Gasteiger partial charge in [-0.05, 0) is 43.1 Å². The summed E-state index contributed by atoms with van der Waals surface area (Å²) in [7, 11) is 0. The fourth-order valence-corrected chi connectivity index (χ4v) is 3.12. The zero-order chi connectivity index (χ0) is 14.0. The van der Waals surface area contributed by atoms with Crippen molar-refractivity contribution in [3.8, 4) is 0 Å². The normalized spacial score (nSPS) is 14.0. The molecule has 0 aliphatic rings. The highest BCUT2D eigenvalue weighted by atomic mass is 14.3. The number of hydrogen-bond donors (Lipinski definition) is 0. The largest absolute Gasteiger partial charge is 0.103 e. The van der Waals surface area contributed by atoms with Gasteiger partial charge in [-0.1, -0.05) is 69.5 Å². The molecule has 0 amide bonds. The Morgan fingerprint density at radius 2 is 1.74 bits per heavy atom. The molecule has 0 saturated heterocycles. The van der Waals surface area contributed by atoms with E-state index in [4.69, 9.17) is 0 Å². The molecule has 0 aliphatic heterocycles. The Morgan fingerprint density at radius 1 is 1.00 bits per heavy atom. The Bertz CT molecular complexity index is 338. The maximum Gasteiger partial charge on any atom is -0.0260 e. The summed E-state index contributed by atoms with van der Waals surface area (Å²) in [6, 6.07) is 10.9. The minimum Gasteiger partial charge on any atom is -0.103 e.